The lowest BCUT2D eigenvalue weighted by molar-refractivity contribution is 0.459. The van der Waals surface area contributed by atoms with Crippen LogP contribution in [0.25, 0.3) is 10.4 Å². The number of nitrogens with two attached hydrogens (primary N) is 1. The third kappa shape index (κ3) is 5.93. The maximum atomic E-state index is 6.21. The molecule has 0 unspecified atom stereocenters. The van der Waals surface area contributed by atoms with E-state index in [9.17, 15) is 0 Å². The molecule has 4 heterocycles. The van der Waals surface area contributed by atoms with Crippen LogP contribution in [-0.4, -0.2) is 28.0 Å². The fourth-order valence-corrected chi connectivity index (χ4v) is 4.83. The van der Waals surface area contributed by atoms with Gasteiger partial charge in [0, 0.05) is 35.5 Å². The summed E-state index contributed by atoms with van der Waals surface area (Å²) in [5.41, 5.74) is 10.4. The predicted octanol–water partition coefficient (Wildman–Crippen LogP) is 4.83. The summed E-state index contributed by atoms with van der Waals surface area (Å²) in [7, 11) is 0. The molecule has 3 aromatic rings. The van der Waals surface area contributed by atoms with Gasteiger partial charge in [0.25, 0.3) is 0 Å². The molecule has 4 rings (SSSR count). The molecule has 1 aliphatic rings. The smallest absolute Gasteiger partial charge is 0.126 e. The van der Waals surface area contributed by atoms with Crippen molar-refractivity contribution in [3.63, 3.8) is 0 Å². The van der Waals surface area contributed by atoms with Gasteiger partial charge in [0.1, 0.15) is 11.5 Å². The summed E-state index contributed by atoms with van der Waals surface area (Å²) in [4.78, 5) is 14.7. The van der Waals surface area contributed by atoms with E-state index in [2.05, 4.69) is 60.0 Å². The largest absolute Gasteiger partial charge is 0.383 e. The first kappa shape index (κ1) is 22.4. The molecule has 0 bridgehead atoms. The zero-order chi connectivity index (χ0) is 22.6. The van der Waals surface area contributed by atoms with Crippen LogP contribution in [0.3, 0.4) is 0 Å². The third-order valence-corrected chi connectivity index (χ3v) is 6.78. The summed E-state index contributed by atoms with van der Waals surface area (Å²) < 4.78 is 0. The van der Waals surface area contributed by atoms with Gasteiger partial charge in [-0.3, -0.25) is 0 Å². The van der Waals surface area contributed by atoms with Gasteiger partial charge < -0.3 is 11.1 Å². The minimum atomic E-state index is -0.0391. The van der Waals surface area contributed by atoms with Crippen LogP contribution >= 0.6 is 11.3 Å². The van der Waals surface area contributed by atoms with Crippen LogP contribution in [0.1, 0.15) is 61.4 Å². The summed E-state index contributed by atoms with van der Waals surface area (Å²) in [6, 6.07) is 6.29. The third-order valence-electron chi connectivity index (χ3n) is 5.57. The number of nitrogen functional groups attached to an aromatic ring is 1. The summed E-state index contributed by atoms with van der Waals surface area (Å²) in [6.07, 6.45) is 9.69. The van der Waals surface area contributed by atoms with Gasteiger partial charge in [-0.25, -0.2) is 15.0 Å². The van der Waals surface area contributed by atoms with Gasteiger partial charge in [-0.2, -0.15) is 0 Å². The number of aromatic nitrogens is 3. The Morgan fingerprint density at radius 2 is 1.91 bits per heavy atom. The Balaban J connectivity index is 1.47. The van der Waals surface area contributed by atoms with E-state index >= 15 is 0 Å². The van der Waals surface area contributed by atoms with Gasteiger partial charge in [0.05, 0.1) is 9.88 Å². The Morgan fingerprint density at radius 3 is 2.69 bits per heavy atom. The van der Waals surface area contributed by atoms with Crippen molar-refractivity contribution in [2.45, 2.75) is 52.4 Å². The molecule has 0 saturated carbocycles. The molecular formula is C26H31N5S. The van der Waals surface area contributed by atoms with Crippen LogP contribution in [0.5, 0.6) is 0 Å². The number of hydrogen-bond acceptors (Lipinski definition) is 6. The minimum absolute atomic E-state index is 0.0391. The Hall–Kier alpha value is -2.75. The molecule has 0 spiro atoms. The molecule has 3 aromatic heterocycles. The van der Waals surface area contributed by atoms with Crippen molar-refractivity contribution in [3.8, 4) is 22.3 Å². The van der Waals surface area contributed by atoms with Crippen molar-refractivity contribution in [2.24, 2.45) is 5.41 Å². The van der Waals surface area contributed by atoms with Crippen molar-refractivity contribution in [1.82, 2.24) is 20.3 Å². The number of thiazole rings is 1. The number of aryl methyl sites for hydroxylation is 2. The maximum Gasteiger partial charge on any atom is 0.126 e. The molecule has 0 atom stereocenters. The van der Waals surface area contributed by atoms with E-state index in [0.717, 1.165) is 60.5 Å². The highest BCUT2D eigenvalue weighted by Crippen LogP contribution is 2.34. The zero-order valence-corrected chi connectivity index (χ0v) is 19.9. The average Bonchev–Trinajstić information content (AvgIpc) is 3.28. The lowest BCUT2D eigenvalue weighted by atomic mass is 9.97. The summed E-state index contributed by atoms with van der Waals surface area (Å²) in [5, 5.41) is 4.66. The lowest BCUT2D eigenvalue weighted by Gasteiger charge is -2.20. The molecule has 1 saturated heterocycles. The standard InChI is InChI=1S/C26H31N5S/c1-26(2,3)10-6-22-14-18(7-13-29-22)4-5-20-15-21(16-30-24(20)27)23-17-31-25(32-23)19-8-11-28-12-9-19/h7,13-17,19,28H,4-5,8-9,11-12H2,1-3H3,(H2,27,30). The first-order valence-corrected chi connectivity index (χ1v) is 12.1. The number of nitrogens with one attached hydrogen (secondary N) is 1. The van der Waals surface area contributed by atoms with Crippen molar-refractivity contribution in [3.05, 3.63) is 58.6 Å². The molecule has 1 fully saturated rings. The molecular weight excluding hydrogens is 414 g/mol. The number of pyridine rings is 2. The van der Waals surface area contributed by atoms with Crippen molar-refractivity contribution >= 4 is 17.2 Å². The van der Waals surface area contributed by atoms with E-state index in [0.29, 0.717) is 11.7 Å². The molecule has 5 nitrogen and oxygen atoms in total. The lowest BCUT2D eigenvalue weighted by Crippen LogP contribution is -2.26. The van der Waals surface area contributed by atoms with Crippen molar-refractivity contribution in [2.75, 3.05) is 18.8 Å². The van der Waals surface area contributed by atoms with Crippen LogP contribution in [0.4, 0.5) is 5.82 Å². The molecule has 0 radical (unpaired) electrons. The normalized spacial score (nSPS) is 14.7. The SMILES string of the molecule is CC(C)(C)C#Cc1cc(CCc2cc(-c3cnc(C4CCNCC4)s3)cnc2N)ccn1. The fourth-order valence-electron chi connectivity index (χ4n) is 3.76. The van der Waals surface area contributed by atoms with E-state index in [1.165, 1.54) is 10.6 Å². The second-order valence-corrected chi connectivity index (χ2v) is 10.5. The summed E-state index contributed by atoms with van der Waals surface area (Å²) >= 11 is 1.79. The maximum absolute atomic E-state index is 6.21. The van der Waals surface area contributed by atoms with Crippen molar-refractivity contribution < 1.29 is 0 Å². The topological polar surface area (TPSA) is 76.7 Å². The highest BCUT2D eigenvalue weighted by Gasteiger charge is 2.19. The van der Waals surface area contributed by atoms with Gasteiger partial charge in [-0.1, -0.05) is 5.92 Å². The second kappa shape index (κ2) is 9.81. The number of nitrogens with zero attached hydrogens (tertiary/aromatic N) is 3. The van der Waals surface area contributed by atoms with E-state index in [-0.39, 0.29) is 5.41 Å². The summed E-state index contributed by atoms with van der Waals surface area (Å²) in [6.45, 7) is 8.46. The van der Waals surface area contributed by atoms with Gasteiger partial charge >= 0.3 is 0 Å². The predicted molar refractivity (Wildman–Crippen MR) is 133 cm³/mol. The van der Waals surface area contributed by atoms with Crippen molar-refractivity contribution in [1.29, 1.82) is 0 Å². The van der Waals surface area contributed by atoms with Crippen LogP contribution < -0.4 is 11.1 Å². The Labute approximate surface area is 194 Å². The number of piperidine rings is 1. The van der Waals surface area contributed by atoms with Crippen LogP contribution in [0, 0.1) is 17.3 Å². The summed E-state index contributed by atoms with van der Waals surface area (Å²) in [5.74, 6) is 7.60. The minimum Gasteiger partial charge on any atom is -0.383 e. The molecule has 32 heavy (non-hydrogen) atoms. The van der Waals surface area contributed by atoms with Gasteiger partial charge in [-0.15, -0.1) is 11.3 Å². The van der Waals surface area contributed by atoms with E-state index < -0.39 is 0 Å². The van der Waals surface area contributed by atoms with E-state index in [4.69, 9.17) is 10.7 Å². The molecule has 3 N–H and O–H groups in total. The molecule has 1 aliphatic heterocycles. The second-order valence-electron chi connectivity index (χ2n) is 9.40. The van der Waals surface area contributed by atoms with Gasteiger partial charge in [0.2, 0.25) is 0 Å². The molecule has 0 aliphatic carbocycles. The Kier molecular flexibility index (Phi) is 6.88. The average molecular weight is 446 g/mol. The Morgan fingerprint density at radius 1 is 1.09 bits per heavy atom. The molecule has 166 valence electrons. The van der Waals surface area contributed by atoms with Crippen LogP contribution in [0.2, 0.25) is 0 Å². The number of anilines is 1. The number of rotatable bonds is 5. The van der Waals surface area contributed by atoms with Gasteiger partial charge in [-0.05, 0) is 94.8 Å². The first-order valence-electron chi connectivity index (χ1n) is 11.3. The van der Waals surface area contributed by atoms with Crippen LogP contribution in [-0.2, 0) is 12.8 Å². The van der Waals surface area contributed by atoms with Crippen LogP contribution in [0.15, 0.2) is 36.8 Å². The highest BCUT2D eigenvalue weighted by atomic mass is 32.1. The van der Waals surface area contributed by atoms with E-state index in [1.807, 2.05) is 24.7 Å². The fraction of sp³-hybridized carbons (Fsp3) is 0.423. The molecule has 6 heteroatoms. The molecule has 0 aromatic carbocycles. The first-order chi connectivity index (χ1) is 15.4. The monoisotopic (exact) mass is 445 g/mol. The Bertz CT molecular complexity index is 1130. The quantitative estimate of drug-likeness (QED) is 0.550. The number of hydrogen-bond donors (Lipinski definition) is 2. The molecule has 0 amide bonds. The van der Waals surface area contributed by atoms with E-state index in [1.54, 1.807) is 11.3 Å². The highest BCUT2D eigenvalue weighted by molar-refractivity contribution is 7.15. The van der Waals surface area contributed by atoms with Gasteiger partial charge in [0.15, 0.2) is 0 Å². The zero-order valence-electron chi connectivity index (χ0n) is 19.1.